The second kappa shape index (κ2) is 12.5. The summed E-state index contributed by atoms with van der Waals surface area (Å²) < 4.78 is 3.58. The first-order valence-electron chi connectivity index (χ1n) is 17.2. The summed E-state index contributed by atoms with van der Waals surface area (Å²) in [5, 5.41) is 3.45. The Morgan fingerprint density at radius 1 is 0.404 bits per heavy atom. The van der Waals surface area contributed by atoms with Gasteiger partial charge in [0.15, 0.2) is 17.5 Å². The number of benzene rings is 7. The van der Waals surface area contributed by atoms with Crippen molar-refractivity contribution in [2.24, 2.45) is 0 Å². The molecule has 10 aromatic rings. The van der Waals surface area contributed by atoms with Gasteiger partial charge >= 0.3 is 0 Å². The Hall–Kier alpha value is -6.76. The summed E-state index contributed by atoms with van der Waals surface area (Å²) in [5.74, 6) is 1.94. The Bertz CT molecular complexity index is 2800. The molecule has 0 bridgehead atoms. The van der Waals surface area contributed by atoms with E-state index < -0.39 is 0 Å². The Balaban J connectivity index is 1.07. The second-order valence-corrected chi connectivity index (χ2v) is 13.7. The van der Waals surface area contributed by atoms with Gasteiger partial charge in [-0.05, 0) is 47.5 Å². The number of rotatable bonds is 6. The maximum Gasteiger partial charge on any atom is 0.164 e. The summed E-state index contributed by atoms with van der Waals surface area (Å²) in [6, 6.07) is 61.0. The SMILES string of the molecule is c1ccc(-c2nc(-c3ccccc3)nc(-c3ccc(-c4cccc(-n5c6ccccc6c6cccc(-c7nc8ccccc8s7)c65)c4)cc3)n2)cc1. The zero-order chi connectivity index (χ0) is 34.4. The first kappa shape index (κ1) is 30.1. The molecule has 0 N–H and O–H groups in total. The summed E-state index contributed by atoms with van der Waals surface area (Å²) >= 11 is 1.74. The van der Waals surface area contributed by atoms with E-state index in [4.69, 9.17) is 19.9 Å². The molecule has 0 amide bonds. The third kappa shape index (κ3) is 5.25. The fraction of sp³-hybridized carbons (Fsp3) is 0. The third-order valence-electron chi connectivity index (χ3n) is 9.50. The third-order valence-corrected chi connectivity index (χ3v) is 10.6. The van der Waals surface area contributed by atoms with Crippen molar-refractivity contribution in [3.63, 3.8) is 0 Å². The van der Waals surface area contributed by atoms with Crippen LogP contribution in [0, 0.1) is 0 Å². The van der Waals surface area contributed by atoms with Crippen molar-refractivity contribution in [2.45, 2.75) is 0 Å². The first-order chi connectivity index (χ1) is 25.8. The van der Waals surface area contributed by atoms with Crippen LogP contribution in [0.15, 0.2) is 176 Å². The van der Waals surface area contributed by atoms with Crippen LogP contribution in [-0.4, -0.2) is 24.5 Å². The van der Waals surface area contributed by atoms with Crippen LogP contribution in [-0.2, 0) is 0 Å². The molecular formula is C46H29N5S. The summed E-state index contributed by atoms with van der Waals surface area (Å²) in [6.07, 6.45) is 0. The van der Waals surface area contributed by atoms with Crippen molar-refractivity contribution in [2.75, 3.05) is 0 Å². The van der Waals surface area contributed by atoms with Crippen LogP contribution in [0.25, 0.3) is 93.6 Å². The highest BCUT2D eigenvalue weighted by molar-refractivity contribution is 7.21. The van der Waals surface area contributed by atoms with Crippen molar-refractivity contribution in [3.8, 4) is 61.5 Å². The molecule has 0 radical (unpaired) electrons. The summed E-state index contributed by atoms with van der Waals surface area (Å²) in [5.41, 5.74) is 10.6. The fourth-order valence-electron chi connectivity index (χ4n) is 7.02. The largest absolute Gasteiger partial charge is 0.309 e. The molecule has 0 aliphatic carbocycles. The normalized spacial score (nSPS) is 11.5. The minimum Gasteiger partial charge on any atom is -0.309 e. The summed E-state index contributed by atoms with van der Waals surface area (Å²) in [7, 11) is 0. The van der Waals surface area contributed by atoms with Gasteiger partial charge in [0, 0.05) is 38.7 Å². The number of nitrogens with zero attached hydrogens (tertiary/aromatic N) is 5. The molecule has 0 aliphatic heterocycles. The molecule has 0 spiro atoms. The molecule has 3 heterocycles. The Labute approximate surface area is 304 Å². The van der Waals surface area contributed by atoms with Crippen LogP contribution in [0.3, 0.4) is 0 Å². The first-order valence-corrected chi connectivity index (χ1v) is 18.0. The van der Waals surface area contributed by atoms with E-state index in [9.17, 15) is 0 Å². The number of hydrogen-bond acceptors (Lipinski definition) is 5. The average molecular weight is 684 g/mol. The number of thiazole rings is 1. The molecule has 0 fully saturated rings. The molecule has 5 nitrogen and oxygen atoms in total. The average Bonchev–Trinajstić information content (AvgIpc) is 3.81. The topological polar surface area (TPSA) is 56.5 Å². The fourth-order valence-corrected chi connectivity index (χ4v) is 8.01. The molecule has 3 aromatic heterocycles. The van der Waals surface area contributed by atoms with E-state index in [2.05, 4.69) is 120 Å². The zero-order valence-electron chi connectivity index (χ0n) is 27.9. The Morgan fingerprint density at radius 2 is 0.962 bits per heavy atom. The van der Waals surface area contributed by atoms with Crippen molar-refractivity contribution < 1.29 is 0 Å². The molecule has 0 aliphatic rings. The maximum atomic E-state index is 5.07. The molecule has 0 atom stereocenters. The lowest BCUT2D eigenvalue weighted by Crippen LogP contribution is -2.00. The van der Waals surface area contributed by atoms with Crippen LogP contribution in [0.1, 0.15) is 0 Å². The molecule has 0 unspecified atom stereocenters. The van der Waals surface area contributed by atoms with E-state index in [1.54, 1.807) is 11.3 Å². The highest BCUT2D eigenvalue weighted by atomic mass is 32.1. The lowest BCUT2D eigenvalue weighted by atomic mass is 10.0. The van der Waals surface area contributed by atoms with Gasteiger partial charge in [-0.2, -0.15) is 0 Å². The Morgan fingerprint density at radius 3 is 1.67 bits per heavy atom. The second-order valence-electron chi connectivity index (χ2n) is 12.7. The van der Waals surface area contributed by atoms with E-state index in [1.807, 2.05) is 60.7 Å². The van der Waals surface area contributed by atoms with Gasteiger partial charge in [0.25, 0.3) is 0 Å². The Kier molecular flexibility index (Phi) is 7.25. The van der Waals surface area contributed by atoms with Crippen molar-refractivity contribution >= 4 is 43.4 Å². The lowest BCUT2D eigenvalue weighted by molar-refractivity contribution is 1.07. The van der Waals surface area contributed by atoms with Gasteiger partial charge in [-0.1, -0.05) is 140 Å². The molecule has 10 rings (SSSR count). The van der Waals surface area contributed by atoms with Gasteiger partial charge in [-0.3, -0.25) is 0 Å². The molecule has 7 aromatic carbocycles. The van der Waals surface area contributed by atoms with E-state index in [0.717, 1.165) is 60.6 Å². The molecule has 0 saturated carbocycles. The predicted molar refractivity (Wildman–Crippen MR) is 215 cm³/mol. The monoisotopic (exact) mass is 683 g/mol. The molecule has 0 saturated heterocycles. The summed E-state index contributed by atoms with van der Waals surface area (Å²) in [4.78, 5) is 19.8. The van der Waals surface area contributed by atoms with Gasteiger partial charge in [0.05, 0.1) is 21.3 Å². The van der Waals surface area contributed by atoms with E-state index >= 15 is 0 Å². The number of fused-ring (bicyclic) bond motifs is 4. The van der Waals surface area contributed by atoms with Crippen LogP contribution < -0.4 is 0 Å². The van der Waals surface area contributed by atoms with E-state index in [1.165, 1.54) is 15.5 Å². The number of aromatic nitrogens is 5. The highest BCUT2D eigenvalue weighted by Gasteiger charge is 2.19. The van der Waals surface area contributed by atoms with Crippen molar-refractivity contribution in [1.29, 1.82) is 0 Å². The minimum absolute atomic E-state index is 0.640. The van der Waals surface area contributed by atoms with Gasteiger partial charge in [0.2, 0.25) is 0 Å². The highest BCUT2D eigenvalue weighted by Crippen LogP contribution is 2.41. The molecule has 6 heteroatoms. The maximum absolute atomic E-state index is 5.07. The van der Waals surface area contributed by atoms with Crippen LogP contribution in [0.4, 0.5) is 0 Å². The van der Waals surface area contributed by atoms with Crippen molar-refractivity contribution in [1.82, 2.24) is 24.5 Å². The van der Waals surface area contributed by atoms with Crippen LogP contribution >= 0.6 is 11.3 Å². The van der Waals surface area contributed by atoms with Crippen LogP contribution in [0.5, 0.6) is 0 Å². The smallest absolute Gasteiger partial charge is 0.164 e. The standard InChI is InChI=1S/C46H29N5S/c1-3-13-31(14-4-1)43-48-44(32-15-5-2-6-16-32)50-45(49-43)33-27-25-30(26-28-33)34-17-11-18-35(29-34)51-40-23-9-7-19-36(40)37-20-12-21-38(42(37)51)46-47-39-22-8-10-24-41(39)52-46/h1-29H. The minimum atomic E-state index is 0.640. The van der Waals surface area contributed by atoms with Gasteiger partial charge in [-0.15, -0.1) is 11.3 Å². The van der Waals surface area contributed by atoms with Crippen LogP contribution in [0.2, 0.25) is 0 Å². The van der Waals surface area contributed by atoms with E-state index in [0.29, 0.717) is 17.5 Å². The number of para-hydroxylation sites is 3. The predicted octanol–water partition coefficient (Wildman–Crippen LogP) is 11.9. The summed E-state index contributed by atoms with van der Waals surface area (Å²) in [6.45, 7) is 0. The van der Waals surface area contributed by atoms with Gasteiger partial charge in [-0.25, -0.2) is 19.9 Å². The van der Waals surface area contributed by atoms with Gasteiger partial charge < -0.3 is 4.57 Å². The number of hydrogen-bond donors (Lipinski definition) is 0. The molecular weight excluding hydrogens is 655 g/mol. The molecule has 52 heavy (non-hydrogen) atoms. The molecule has 244 valence electrons. The zero-order valence-corrected chi connectivity index (χ0v) is 28.7. The lowest BCUT2D eigenvalue weighted by Gasteiger charge is -2.12. The van der Waals surface area contributed by atoms with Crippen molar-refractivity contribution in [3.05, 3.63) is 176 Å². The van der Waals surface area contributed by atoms with Gasteiger partial charge in [0.1, 0.15) is 5.01 Å². The quantitative estimate of drug-likeness (QED) is 0.175. The van der Waals surface area contributed by atoms with E-state index in [-0.39, 0.29) is 0 Å².